The Labute approximate surface area is 324 Å². The fourth-order valence-corrected chi connectivity index (χ4v) is 8.29. The second-order valence-corrected chi connectivity index (χ2v) is 14.2. The van der Waals surface area contributed by atoms with Gasteiger partial charge in [-0.2, -0.15) is 0 Å². The van der Waals surface area contributed by atoms with Gasteiger partial charge in [0, 0.05) is 49.6 Å². The average molecular weight is 715 g/mol. The number of aromatic nitrogens is 4. The molecule has 8 aromatic carbocycles. The largest absolute Gasteiger partial charge is 0.309 e. The first-order chi connectivity index (χ1) is 27.8. The Balaban J connectivity index is 1.10. The van der Waals surface area contributed by atoms with Crippen LogP contribution >= 0.6 is 0 Å². The van der Waals surface area contributed by atoms with Crippen molar-refractivity contribution in [3.63, 3.8) is 0 Å². The molecule has 0 atom stereocenters. The van der Waals surface area contributed by atoms with Crippen molar-refractivity contribution in [1.29, 1.82) is 0 Å². The van der Waals surface area contributed by atoms with Crippen molar-refractivity contribution in [2.24, 2.45) is 0 Å². The summed E-state index contributed by atoms with van der Waals surface area (Å²) in [6.07, 6.45) is 0. The van der Waals surface area contributed by atoms with Crippen LogP contribution in [0, 0.1) is 0 Å². The Bertz CT molecular complexity index is 3160. The quantitative estimate of drug-likeness (QED) is 0.172. The Hall–Kier alpha value is -7.56. The molecule has 0 unspecified atom stereocenters. The number of para-hydroxylation sites is 3. The van der Waals surface area contributed by atoms with Crippen LogP contribution in [0.3, 0.4) is 0 Å². The van der Waals surface area contributed by atoms with E-state index in [-0.39, 0.29) is 0 Å². The van der Waals surface area contributed by atoms with E-state index in [2.05, 4.69) is 191 Å². The molecule has 0 aliphatic rings. The predicted molar refractivity (Wildman–Crippen MR) is 232 cm³/mol. The summed E-state index contributed by atoms with van der Waals surface area (Å²) in [7, 11) is 0. The summed E-state index contributed by atoms with van der Waals surface area (Å²) in [5, 5.41) is 4.89. The third-order valence-electron chi connectivity index (χ3n) is 10.9. The van der Waals surface area contributed by atoms with E-state index >= 15 is 0 Å². The molecule has 4 heteroatoms. The summed E-state index contributed by atoms with van der Waals surface area (Å²) in [5.41, 5.74) is 14.2. The number of hydrogen-bond donors (Lipinski definition) is 0. The zero-order chi connectivity index (χ0) is 37.0. The molecule has 0 aliphatic heterocycles. The minimum Gasteiger partial charge on any atom is -0.309 e. The standard InChI is InChI=1S/C52H34N4/c1-5-15-35(16-6-1)46-34-47(54-52(53-46)36-17-7-2-8-18-36)39-25-28-43-45-32-38(27-30-50(45)56(51(43)33-39)41-21-11-4-12-22-41)37-26-29-49-44(31-37)42-23-13-14-24-48(42)55(49)40-19-9-3-10-20-40/h1-34H. The summed E-state index contributed by atoms with van der Waals surface area (Å²) in [4.78, 5) is 10.2. The zero-order valence-corrected chi connectivity index (χ0v) is 30.4. The number of rotatable bonds is 6. The van der Waals surface area contributed by atoms with Crippen LogP contribution in [0.5, 0.6) is 0 Å². The summed E-state index contributed by atoms with van der Waals surface area (Å²) < 4.78 is 4.75. The maximum Gasteiger partial charge on any atom is 0.160 e. The van der Waals surface area contributed by atoms with Crippen LogP contribution in [-0.2, 0) is 0 Å². The minimum atomic E-state index is 0.708. The molecule has 0 spiro atoms. The molecule has 3 heterocycles. The van der Waals surface area contributed by atoms with Gasteiger partial charge in [0.15, 0.2) is 5.82 Å². The van der Waals surface area contributed by atoms with E-state index in [1.165, 1.54) is 43.7 Å². The molecule has 0 radical (unpaired) electrons. The van der Waals surface area contributed by atoms with Gasteiger partial charge in [-0.25, -0.2) is 9.97 Å². The van der Waals surface area contributed by atoms with Crippen molar-refractivity contribution in [1.82, 2.24) is 19.1 Å². The van der Waals surface area contributed by atoms with Crippen molar-refractivity contribution in [3.8, 4) is 56.4 Å². The van der Waals surface area contributed by atoms with Crippen LogP contribution in [0.4, 0.5) is 0 Å². The third kappa shape index (κ3) is 5.31. The van der Waals surface area contributed by atoms with Crippen molar-refractivity contribution < 1.29 is 0 Å². The molecule has 56 heavy (non-hydrogen) atoms. The molecule has 0 N–H and O–H groups in total. The highest BCUT2D eigenvalue weighted by Gasteiger charge is 2.18. The molecule has 0 aliphatic carbocycles. The lowest BCUT2D eigenvalue weighted by atomic mass is 10.00. The Morgan fingerprint density at radius 3 is 1.32 bits per heavy atom. The van der Waals surface area contributed by atoms with Crippen LogP contribution in [0.25, 0.3) is 100 Å². The van der Waals surface area contributed by atoms with Gasteiger partial charge in [0.25, 0.3) is 0 Å². The van der Waals surface area contributed by atoms with E-state index in [1.54, 1.807) is 0 Å². The molecule has 0 amide bonds. The van der Waals surface area contributed by atoms with Gasteiger partial charge in [0.1, 0.15) is 0 Å². The average Bonchev–Trinajstić information content (AvgIpc) is 3.79. The highest BCUT2D eigenvalue weighted by molar-refractivity contribution is 6.13. The fraction of sp³-hybridized carbons (Fsp3) is 0. The molecular weight excluding hydrogens is 681 g/mol. The minimum absolute atomic E-state index is 0.708. The first-order valence-electron chi connectivity index (χ1n) is 19.0. The van der Waals surface area contributed by atoms with Gasteiger partial charge < -0.3 is 9.13 Å². The molecule has 262 valence electrons. The summed E-state index contributed by atoms with van der Waals surface area (Å²) >= 11 is 0. The van der Waals surface area contributed by atoms with E-state index in [1.807, 2.05) is 24.3 Å². The molecule has 0 saturated heterocycles. The normalized spacial score (nSPS) is 11.6. The Morgan fingerprint density at radius 1 is 0.268 bits per heavy atom. The van der Waals surface area contributed by atoms with Gasteiger partial charge >= 0.3 is 0 Å². The molecule has 0 bridgehead atoms. The van der Waals surface area contributed by atoms with Crippen molar-refractivity contribution >= 4 is 43.6 Å². The molecule has 0 saturated carbocycles. The first kappa shape index (κ1) is 31.9. The summed E-state index contributed by atoms with van der Waals surface area (Å²) in [5.74, 6) is 0.708. The van der Waals surface area contributed by atoms with Gasteiger partial charge in [0.05, 0.1) is 33.5 Å². The zero-order valence-electron chi connectivity index (χ0n) is 30.4. The van der Waals surface area contributed by atoms with Crippen molar-refractivity contribution in [3.05, 3.63) is 206 Å². The maximum absolute atomic E-state index is 5.16. The van der Waals surface area contributed by atoms with Crippen LogP contribution in [0.2, 0.25) is 0 Å². The first-order valence-corrected chi connectivity index (χ1v) is 19.0. The number of benzene rings is 8. The van der Waals surface area contributed by atoms with Gasteiger partial charge in [0.2, 0.25) is 0 Å². The monoisotopic (exact) mass is 714 g/mol. The lowest BCUT2D eigenvalue weighted by molar-refractivity contribution is 1.17. The van der Waals surface area contributed by atoms with Gasteiger partial charge in [-0.3, -0.25) is 0 Å². The molecule has 3 aromatic heterocycles. The van der Waals surface area contributed by atoms with E-state index in [4.69, 9.17) is 9.97 Å². The van der Waals surface area contributed by atoms with Crippen LogP contribution in [0.15, 0.2) is 206 Å². The second-order valence-electron chi connectivity index (χ2n) is 14.2. The van der Waals surface area contributed by atoms with E-state index in [9.17, 15) is 0 Å². The summed E-state index contributed by atoms with van der Waals surface area (Å²) in [6.45, 7) is 0. The van der Waals surface area contributed by atoms with Crippen LogP contribution < -0.4 is 0 Å². The molecule has 11 rings (SSSR count). The highest BCUT2D eigenvalue weighted by Crippen LogP contribution is 2.39. The van der Waals surface area contributed by atoms with E-state index in [0.717, 1.165) is 50.5 Å². The highest BCUT2D eigenvalue weighted by atomic mass is 15.0. The van der Waals surface area contributed by atoms with Crippen molar-refractivity contribution in [2.45, 2.75) is 0 Å². The number of hydrogen-bond acceptors (Lipinski definition) is 2. The second kappa shape index (κ2) is 13.1. The Kier molecular flexibility index (Phi) is 7.46. The fourth-order valence-electron chi connectivity index (χ4n) is 8.29. The SMILES string of the molecule is c1ccc(-c2cc(-c3ccc4c5cc(-c6ccc7c(c6)c6ccccc6n7-c6ccccc6)ccc5n(-c5ccccc5)c4c3)nc(-c3ccccc3)n2)cc1. The topological polar surface area (TPSA) is 35.6 Å². The lowest BCUT2D eigenvalue weighted by Gasteiger charge is -2.11. The maximum atomic E-state index is 5.16. The van der Waals surface area contributed by atoms with E-state index in [0.29, 0.717) is 5.82 Å². The third-order valence-corrected chi connectivity index (χ3v) is 10.9. The van der Waals surface area contributed by atoms with E-state index < -0.39 is 0 Å². The smallest absolute Gasteiger partial charge is 0.160 e. The Morgan fingerprint density at radius 2 is 0.714 bits per heavy atom. The number of nitrogens with zero attached hydrogens (tertiary/aromatic N) is 4. The van der Waals surface area contributed by atoms with Crippen LogP contribution in [-0.4, -0.2) is 19.1 Å². The lowest BCUT2D eigenvalue weighted by Crippen LogP contribution is -1.96. The number of fused-ring (bicyclic) bond motifs is 6. The molecular formula is C52H34N4. The van der Waals surface area contributed by atoms with Crippen molar-refractivity contribution in [2.75, 3.05) is 0 Å². The van der Waals surface area contributed by atoms with Gasteiger partial charge in [-0.1, -0.05) is 140 Å². The van der Waals surface area contributed by atoms with Gasteiger partial charge in [-0.15, -0.1) is 0 Å². The van der Waals surface area contributed by atoms with Crippen LogP contribution in [0.1, 0.15) is 0 Å². The molecule has 0 fully saturated rings. The predicted octanol–water partition coefficient (Wildman–Crippen LogP) is 13.3. The van der Waals surface area contributed by atoms with Gasteiger partial charge in [-0.05, 0) is 77.9 Å². The molecule has 11 aromatic rings. The summed E-state index contributed by atoms with van der Waals surface area (Å²) in [6, 6.07) is 73.3. The molecule has 4 nitrogen and oxygen atoms in total.